The zero-order valence-corrected chi connectivity index (χ0v) is 46.7. The van der Waals surface area contributed by atoms with Gasteiger partial charge in [-0.3, -0.25) is 14.4 Å². The molecule has 0 amide bonds. The first-order valence-corrected chi connectivity index (χ1v) is 30.1. The van der Waals surface area contributed by atoms with E-state index in [0.29, 0.717) is 19.3 Å². The minimum Gasteiger partial charge on any atom is -0.462 e. The minimum atomic E-state index is -0.785. The van der Waals surface area contributed by atoms with Crippen molar-refractivity contribution in [2.75, 3.05) is 13.2 Å². The SMILES string of the molecule is CC/C=C\C/C=C\C/C=C\C/C=C\C/C=C\C/C=C\CCCCCCC(=O)OCC(COC(=O)CCCCCCCCC)OC(=O)CCCCCCCCCCCCC/C=C\CCCCCCCCCC. The van der Waals surface area contributed by atoms with Crippen molar-refractivity contribution in [1.29, 1.82) is 0 Å². The minimum absolute atomic E-state index is 0.0839. The molecule has 0 fully saturated rings. The molecule has 0 bridgehead atoms. The zero-order valence-electron chi connectivity index (χ0n) is 46.7. The molecule has 0 rings (SSSR count). The third kappa shape index (κ3) is 57.4. The van der Waals surface area contributed by atoms with E-state index in [-0.39, 0.29) is 31.1 Å². The van der Waals surface area contributed by atoms with Crippen LogP contribution < -0.4 is 0 Å². The molecule has 6 nitrogen and oxygen atoms in total. The van der Waals surface area contributed by atoms with Gasteiger partial charge in [-0.15, -0.1) is 0 Å². The van der Waals surface area contributed by atoms with Crippen LogP contribution in [0.2, 0.25) is 0 Å². The standard InChI is InChI=1S/C65H112O6/c1-4-7-10-13-16-18-20-22-24-26-28-30-32-34-36-38-40-42-44-46-49-52-55-58-64(67)70-61-62(60-69-63(66)57-54-51-48-15-12-9-6-3)71-65(68)59-56-53-50-47-45-43-41-39-37-35-33-31-29-27-25-23-21-19-17-14-11-8-5-2/h7,10,16,18,22,24,27-30,34,36,40,42,62H,4-6,8-9,11-15,17,19-21,23,25-26,31-33,35,37-39,41,43-61H2,1-3H3/b10-7-,18-16-,24-22-,29-27-,30-28-,36-34-,42-40-. The Morgan fingerprint density at radius 1 is 0.296 bits per heavy atom. The van der Waals surface area contributed by atoms with Gasteiger partial charge in [-0.25, -0.2) is 0 Å². The van der Waals surface area contributed by atoms with Crippen molar-refractivity contribution in [1.82, 2.24) is 0 Å². The highest BCUT2D eigenvalue weighted by molar-refractivity contribution is 5.71. The molecular formula is C65H112O6. The number of rotatable bonds is 54. The van der Waals surface area contributed by atoms with E-state index in [0.717, 1.165) is 109 Å². The fourth-order valence-corrected chi connectivity index (χ4v) is 8.38. The van der Waals surface area contributed by atoms with Gasteiger partial charge in [0.2, 0.25) is 0 Å². The molecular weight excluding hydrogens is 877 g/mol. The summed E-state index contributed by atoms with van der Waals surface area (Å²) in [4.78, 5) is 38.0. The summed E-state index contributed by atoms with van der Waals surface area (Å²) >= 11 is 0. The summed E-state index contributed by atoms with van der Waals surface area (Å²) < 4.78 is 16.8. The zero-order chi connectivity index (χ0) is 51.4. The molecule has 0 N–H and O–H groups in total. The first-order valence-electron chi connectivity index (χ1n) is 30.1. The molecule has 0 aromatic rings. The van der Waals surface area contributed by atoms with Gasteiger partial charge >= 0.3 is 17.9 Å². The molecule has 71 heavy (non-hydrogen) atoms. The van der Waals surface area contributed by atoms with Gasteiger partial charge in [0.15, 0.2) is 6.10 Å². The van der Waals surface area contributed by atoms with E-state index in [1.165, 1.54) is 141 Å². The molecule has 1 unspecified atom stereocenters. The van der Waals surface area contributed by atoms with Gasteiger partial charge in [0, 0.05) is 19.3 Å². The van der Waals surface area contributed by atoms with Crippen molar-refractivity contribution >= 4 is 17.9 Å². The lowest BCUT2D eigenvalue weighted by Crippen LogP contribution is -2.30. The van der Waals surface area contributed by atoms with E-state index in [4.69, 9.17) is 14.2 Å². The van der Waals surface area contributed by atoms with E-state index in [1.807, 2.05) is 0 Å². The topological polar surface area (TPSA) is 78.9 Å². The number of esters is 3. The fraction of sp³-hybridized carbons (Fsp3) is 0.738. The molecule has 0 aliphatic heterocycles. The number of unbranched alkanes of at least 4 members (excludes halogenated alkanes) is 29. The maximum atomic E-state index is 12.8. The lowest BCUT2D eigenvalue weighted by Gasteiger charge is -2.18. The van der Waals surface area contributed by atoms with Crippen molar-refractivity contribution < 1.29 is 28.6 Å². The van der Waals surface area contributed by atoms with E-state index in [1.54, 1.807) is 0 Å². The summed E-state index contributed by atoms with van der Waals surface area (Å²) in [6, 6.07) is 0. The second kappa shape index (κ2) is 59.2. The number of carbonyl (C=O) groups excluding carboxylic acids is 3. The molecule has 0 aromatic heterocycles. The second-order valence-corrected chi connectivity index (χ2v) is 19.9. The summed E-state index contributed by atoms with van der Waals surface area (Å²) in [5, 5.41) is 0. The lowest BCUT2D eigenvalue weighted by molar-refractivity contribution is -0.167. The van der Waals surface area contributed by atoms with Gasteiger partial charge < -0.3 is 14.2 Å². The van der Waals surface area contributed by atoms with Gasteiger partial charge in [0.05, 0.1) is 0 Å². The largest absolute Gasteiger partial charge is 0.462 e. The maximum Gasteiger partial charge on any atom is 0.306 e. The van der Waals surface area contributed by atoms with Gasteiger partial charge in [0.25, 0.3) is 0 Å². The normalized spacial score (nSPS) is 12.7. The van der Waals surface area contributed by atoms with Crippen LogP contribution in [0.5, 0.6) is 0 Å². The second-order valence-electron chi connectivity index (χ2n) is 19.9. The van der Waals surface area contributed by atoms with Crippen LogP contribution in [0.1, 0.15) is 290 Å². The molecule has 0 radical (unpaired) electrons. The van der Waals surface area contributed by atoms with Crippen LogP contribution in [-0.4, -0.2) is 37.2 Å². The predicted molar refractivity (Wildman–Crippen MR) is 307 cm³/mol. The quantitative estimate of drug-likeness (QED) is 0.0261. The molecule has 0 saturated heterocycles. The average Bonchev–Trinajstić information content (AvgIpc) is 3.37. The Balaban J connectivity index is 4.23. The fourth-order valence-electron chi connectivity index (χ4n) is 8.38. The van der Waals surface area contributed by atoms with E-state index in [2.05, 4.69) is 106 Å². The third-order valence-electron chi connectivity index (χ3n) is 12.9. The highest BCUT2D eigenvalue weighted by Gasteiger charge is 2.19. The Morgan fingerprint density at radius 3 is 0.873 bits per heavy atom. The van der Waals surface area contributed by atoms with Crippen LogP contribution in [0.25, 0.3) is 0 Å². The predicted octanol–water partition coefficient (Wildman–Crippen LogP) is 20.3. The lowest BCUT2D eigenvalue weighted by atomic mass is 10.0. The molecule has 408 valence electrons. The summed E-state index contributed by atoms with van der Waals surface area (Å²) in [5.41, 5.74) is 0. The number of hydrogen-bond donors (Lipinski definition) is 0. The molecule has 0 saturated carbocycles. The molecule has 0 aromatic carbocycles. The van der Waals surface area contributed by atoms with Crippen LogP contribution in [0, 0.1) is 0 Å². The van der Waals surface area contributed by atoms with Crippen LogP contribution in [0.3, 0.4) is 0 Å². The third-order valence-corrected chi connectivity index (χ3v) is 12.9. The number of ether oxygens (including phenoxy) is 3. The van der Waals surface area contributed by atoms with Crippen molar-refractivity contribution in [2.45, 2.75) is 297 Å². The molecule has 1 atom stereocenters. The first kappa shape index (κ1) is 67.6. The molecule has 0 aliphatic carbocycles. The average molecular weight is 990 g/mol. The molecule has 6 heteroatoms. The summed E-state index contributed by atoms with van der Waals surface area (Å²) in [6.45, 7) is 6.48. The monoisotopic (exact) mass is 989 g/mol. The van der Waals surface area contributed by atoms with Gasteiger partial charge in [-0.2, -0.15) is 0 Å². The smallest absolute Gasteiger partial charge is 0.306 e. The van der Waals surface area contributed by atoms with Gasteiger partial charge in [-0.05, 0) is 96.3 Å². The van der Waals surface area contributed by atoms with Crippen LogP contribution in [0.15, 0.2) is 85.1 Å². The van der Waals surface area contributed by atoms with Crippen LogP contribution in [0.4, 0.5) is 0 Å². The van der Waals surface area contributed by atoms with E-state index in [9.17, 15) is 14.4 Å². The van der Waals surface area contributed by atoms with Crippen molar-refractivity contribution in [3.63, 3.8) is 0 Å². The number of carbonyl (C=O) groups is 3. The van der Waals surface area contributed by atoms with E-state index < -0.39 is 6.10 Å². The van der Waals surface area contributed by atoms with Crippen LogP contribution in [-0.2, 0) is 28.6 Å². The number of allylic oxidation sites excluding steroid dienone is 14. The van der Waals surface area contributed by atoms with Gasteiger partial charge in [0.1, 0.15) is 13.2 Å². The maximum absolute atomic E-state index is 12.8. The van der Waals surface area contributed by atoms with Crippen molar-refractivity contribution in [3.05, 3.63) is 85.1 Å². The van der Waals surface area contributed by atoms with Gasteiger partial charge in [-0.1, -0.05) is 260 Å². The Morgan fingerprint density at radius 2 is 0.549 bits per heavy atom. The summed E-state index contributed by atoms with van der Waals surface area (Å²) in [6.07, 6.45) is 77.5. The molecule has 0 spiro atoms. The molecule has 0 heterocycles. The Labute approximate surface area is 439 Å². The first-order chi connectivity index (χ1) is 35.0. The van der Waals surface area contributed by atoms with Crippen molar-refractivity contribution in [2.24, 2.45) is 0 Å². The van der Waals surface area contributed by atoms with Crippen LogP contribution >= 0.6 is 0 Å². The highest BCUT2D eigenvalue weighted by atomic mass is 16.6. The van der Waals surface area contributed by atoms with Crippen molar-refractivity contribution in [3.8, 4) is 0 Å². The Kier molecular flexibility index (Phi) is 56.3. The highest BCUT2D eigenvalue weighted by Crippen LogP contribution is 2.16. The Bertz CT molecular complexity index is 1370. The Hall–Kier alpha value is -3.41. The number of hydrogen-bond acceptors (Lipinski definition) is 6. The summed E-state index contributed by atoms with van der Waals surface area (Å²) in [7, 11) is 0. The molecule has 0 aliphatic rings. The summed E-state index contributed by atoms with van der Waals surface area (Å²) in [5.74, 6) is -0.910. The van der Waals surface area contributed by atoms with E-state index >= 15 is 0 Å².